The van der Waals surface area contributed by atoms with Crippen LogP contribution in [0.3, 0.4) is 0 Å². The van der Waals surface area contributed by atoms with E-state index in [0.29, 0.717) is 0 Å². The Hall–Kier alpha value is -2.12. The van der Waals surface area contributed by atoms with Crippen LogP contribution in [0.2, 0.25) is 0 Å². The van der Waals surface area contributed by atoms with Crippen LogP contribution in [0.15, 0.2) is 0 Å². The summed E-state index contributed by atoms with van der Waals surface area (Å²) < 4.78 is 21.1. The normalized spacial score (nSPS) is 13.2. The number of carbonyl (C=O) groups excluding carboxylic acids is 4. The molecule has 186 valence electrons. The van der Waals surface area contributed by atoms with Gasteiger partial charge in [-0.3, -0.25) is 19.2 Å². The van der Waals surface area contributed by atoms with Crippen molar-refractivity contribution in [2.75, 3.05) is 26.4 Å². The van der Waals surface area contributed by atoms with Gasteiger partial charge in [-0.05, 0) is 23.7 Å². The van der Waals surface area contributed by atoms with E-state index >= 15 is 0 Å². The highest BCUT2D eigenvalue weighted by Crippen LogP contribution is 2.25. The van der Waals surface area contributed by atoms with E-state index in [-0.39, 0.29) is 62.9 Å². The summed E-state index contributed by atoms with van der Waals surface area (Å²) in [6.07, 6.45) is -0.773. The zero-order chi connectivity index (χ0) is 24.8. The molecule has 8 heteroatoms. The fraction of sp³-hybridized carbons (Fsp3) is 0.833. The van der Waals surface area contributed by atoms with Crippen LogP contribution in [0.25, 0.3) is 0 Å². The van der Waals surface area contributed by atoms with Gasteiger partial charge >= 0.3 is 23.9 Å². The van der Waals surface area contributed by atoms with Crippen LogP contribution in [0.1, 0.15) is 68.2 Å². The third-order valence-corrected chi connectivity index (χ3v) is 4.14. The van der Waals surface area contributed by atoms with Crippen molar-refractivity contribution in [1.29, 1.82) is 0 Å². The molecular formula is C24H42O8. The Morgan fingerprint density at radius 1 is 0.469 bits per heavy atom. The van der Waals surface area contributed by atoms with Crippen LogP contribution in [-0.4, -0.2) is 50.3 Å². The molecule has 0 fully saturated rings. The summed E-state index contributed by atoms with van der Waals surface area (Å²) in [6.45, 7) is 15.7. The summed E-state index contributed by atoms with van der Waals surface area (Å²) >= 11 is 0. The lowest BCUT2D eigenvalue weighted by molar-refractivity contribution is -0.168. The highest BCUT2D eigenvalue weighted by molar-refractivity contribution is 5.88. The first-order valence-electron chi connectivity index (χ1n) is 11.5. The Bertz CT molecular complexity index is 543. The van der Waals surface area contributed by atoms with Crippen LogP contribution in [0.5, 0.6) is 0 Å². The van der Waals surface area contributed by atoms with Gasteiger partial charge in [0.15, 0.2) is 0 Å². The second-order valence-electron chi connectivity index (χ2n) is 9.82. The van der Waals surface area contributed by atoms with Gasteiger partial charge in [-0.1, -0.05) is 55.4 Å². The highest BCUT2D eigenvalue weighted by atomic mass is 16.6. The topological polar surface area (TPSA) is 105 Å². The monoisotopic (exact) mass is 458 g/mol. The quantitative estimate of drug-likeness (QED) is 0.270. The maximum Gasteiger partial charge on any atom is 0.310 e. The van der Waals surface area contributed by atoms with E-state index in [9.17, 15) is 19.2 Å². The molecule has 0 aliphatic heterocycles. The Morgan fingerprint density at radius 2 is 0.719 bits per heavy atom. The van der Waals surface area contributed by atoms with Gasteiger partial charge in [0.2, 0.25) is 0 Å². The molecule has 0 saturated heterocycles. The van der Waals surface area contributed by atoms with Gasteiger partial charge in [-0.2, -0.15) is 0 Å². The molecule has 0 amide bonds. The molecule has 2 unspecified atom stereocenters. The van der Waals surface area contributed by atoms with Crippen LogP contribution >= 0.6 is 0 Å². The number of hydrogen-bond donors (Lipinski definition) is 0. The Labute approximate surface area is 192 Å². The molecule has 0 radical (unpaired) electrons. The number of hydrogen-bond acceptors (Lipinski definition) is 8. The van der Waals surface area contributed by atoms with E-state index in [1.54, 1.807) is 0 Å². The fourth-order valence-electron chi connectivity index (χ4n) is 2.49. The van der Waals surface area contributed by atoms with Crippen molar-refractivity contribution in [3.05, 3.63) is 0 Å². The van der Waals surface area contributed by atoms with E-state index in [0.717, 1.165) is 0 Å². The van der Waals surface area contributed by atoms with Gasteiger partial charge in [0, 0.05) is 0 Å². The number of esters is 4. The van der Waals surface area contributed by atoms with E-state index in [1.165, 1.54) is 0 Å². The van der Waals surface area contributed by atoms with Gasteiger partial charge in [-0.25, -0.2) is 0 Å². The second-order valence-corrected chi connectivity index (χ2v) is 9.82. The lowest BCUT2D eigenvalue weighted by Crippen LogP contribution is -2.37. The minimum absolute atomic E-state index is 0.0647. The van der Waals surface area contributed by atoms with Gasteiger partial charge in [0.05, 0.1) is 51.1 Å². The molecule has 0 heterocycles. The fourth-order valence-corrected chi connectivity index (χ4v) is 2.49. The average Bonchev–Trinajstić information content (AvgIpc) is 2.69. The molecule has 8 nitrogen and oxygen atoms in total. The molecule has 0 N–H and O–H groups in total. The van der Waals surface area contributed by atoms with E-state index < -0.39 is 35.7 Å². The lowest BCUT2D eigenvalue weighted by Gasteiger charge is -2.24. The van der Waals surface area contributed by atoms with Crippen LogP contribution in [0.4, 0.5) is 0 Å². The molecule has 0 aromatic carbocycles. The third-order valence-electron chi connectivity index (χ3n) is 4.14. The summed E-state index contributed by atoms with van der Waals surface area (Å²) in [5, 5.41) is 0. The summed E-state index contributed by atoms with van der Waals surface area (Å²) in [4.78, 5) is 50.5. The zero-order valence-corrected chi connectivity index (χ0v) is 21.0. The summed E-state index contributed by atoms with van der Waals surface area (Å²) in [6, 6.07) is 0. The standard InChI is InChI=1S/C24H42O8/c1-15(2)11-29-21(25)9-19(23(27)31-13-17(5)6)20(24(28)32-14-18(7)8)10-22(26)30-12-16(3)4/h15-20H,9-14H2,1-8H3. The van der Waals surface area contributed by atoms with Crippen molar-refractivity contribution < 1.29 is 38.1 Å². The van der Waals surface area contributed by atoms with Gasteiger partial charge in [0.1, 0.15) is 0 Å². The highest BCUT2D eigenvalue weighted by Gasteiger charge is 2.40. The maximum absolute atomic E-state index is 12.9. The van der Waals surface area contributed by atoms with Crippen molar-refractivity contribution in [2.24, 2.45) is 35.5 Å². The van der Waals surface area contributed by atoms with Crippen LogP contribution < -0.4 is 0 Å². The smallest absolute Gasteiger partial charge is 0.310 e. The zero-order valence-electron chi connectivity index (χ0n) is 21.0. The SMILES string of the molecule is CC(C)COC(=O)CC(C(=O)OCC(C)C)C(CC(=O)OCC(C)C)C(=O)OCC(C)C. The molecule has 2 atom stereocenters. The predicted molar refractivity (Wildman–Crippen MR) is 119 cm³/mol. The predicted octanol–water partition coefficient (Wildman–Crippen LogP) is 3.80. The third kappa shape index (κ3) is 14.0. The van der Waals surface area contributed by atoms with Crippen molar-refractivity contribution >= 4 is 23.9 Å². The average molecular weight is 459 g/mol. The molecule has 0 bridgehead atoms. The van der Waals surface area contributed by atoms with E-state index in [2.05, 4.69) is 0 Å². The molecule has 0 aliphatic rings. The molecule has 0 aromatic rings. The molecule has 0 aliphatic carbocycles. The first kappa shape index (κ1) is 29.9. The molecular weight excluding hydrogens is 416 g/mol. The minimum Gasteiger partial charge on any atom is -0.465 e. The summed E-state index contributed by atoms with van der Waals surface area (Å²) in [5.74, 6) is -4.80. The van der Waals surface area contributed by atoms with E-state index in [1.807, 2.05) is 55.4 Å². The second kappa shape index (κ2) is 15.6. The lowest BCUT2D eigenvalue weighted by atomic mass is 9.86. The van der Waals surface area contributed by atoms with Crippen LogP contribution in [-0.2, 0) is 38.1 Å². The molecule has 0 saturated carbocycles. The van der Waals surface area contributed by atoms with Gasteiger partial charge in [-0.15, -0.1) is 0 Å². The summed E-state index contributed by atoms with van der Waals surface area (Å²) in [7, 11) is 0. The number of carbonyl (C=O) groups is 4. The largest absolute Gasteiger partial charge is 0.465 e. The maximum atomic E-state index is 12.9. The van der Waals surface area contributed by atoms with Gasteiger partial charge in [0.25, 0.3) is 0 Å². The van der Waals surface area contributed by atoms with Crippen molar-refractivity contribution in [3.8, 4) is 0 Å². The molecule has 32 heavy (non-hydrogen) atoms. The van der Waals surface area contributed by atoms with Crippen molar-refractivity contribution in [3.63, 3.8) is 0 Å². The first-order valence-corrected chi connectivity index (χ1v) is 11.5. The molecule has 0 rings (SSSR count). The van der Waals surface area contributed by atoms with Crippen molar-refractivity contribution in [1.82, 2.24) is 0 Å². The van der Waals surface area contributed by atoms with E-state index in [4.69, 9.17) is 18.9 Å². The molecule has 0 spiro atoms. The Balaban J connectivity index is 5.70. The van der Waals surface area contributed by atoms with Crippen LogP contribution in [0, 0.1) is 35.5 Å². The first-order chi connectivity index (χ1) is 14.8. The Morgan fingerprint density at radius 3 is 0.969 bits per heavy atom. The minimum atomic E-state index is -1.21. The molecule has 0 aromatic heterocycles. The van der Waals surface area contributed by atoms with Crippen molar-refractivity contribution in [2.45, 2.75) is 68.2 Å². The van der Waals surface area contributed by atoms with Gasteiger partial charge < -0.3 is 18.9 Å². The number of rotatable bonds is 15. The Kier molecular flexibility index (Phi) is 14.6. The number of ether oxygens (including phenoxy) is 4. The summed E-state index contributed by atoms with van der Waals surface area (Å²) in [5.41, 5.74) is 0.